The van der Waals surface area contributed by atoms with E-state index in [1.807, 2.05) is 47.0 Å². The Bertz CT molecular complexity index is 1440. The van der Waals surface area contributed by atoms with Crippen LogP contribution in [0, 0.1) is 20.8 Å². The number of imidazole rings is 2. The van der Waals surface area contributed by atoms with Crippen molar-refractivity contribution in [3.63, 3.8) is 0 Å². The molecule has 33 heavy (non-hydrogen) atoms. The van der Waals surface area contributed by atoms with E-state index < -0.39 is 0 Å². The molecular formula is C27H27N5O. The van der Waals surface area contributed by atoms with Crippen LogP contribution in [0.3, 0.4) is 0 Å². The first kappa shape index (κ1) is 20.9. The number of H-pyrrole nitrogens is 1. The van der Waals surface area contributed by atoms with Crippen LogP contribution in [0.25, 0.3) is 27.9 Å². The van der Waals surface area contributed by atoms with Gasteiger partial charge in [0.2, 0.25) is 5.91 Å². The van der Waals surface area contributed by atoms with Crippen LogP contribution in [0.1, 0.15) is 28.2 Å². The normalized spacial score (nSPS) is 11.4. The van der Waals surface area contributed by atoms with E-state index in [-0.39, 0.29) is 12.3 Å². The topological polar surface area (TPSA) is 75.1 Å². The molecule has 0 unspecified atom stereocenters. The first-order valence-electron chi connectivity index (χ1n) is 11.2. The van der Waals surface area contributed by atoms with Crippen LogP contribution in [0.2, 0.25) is 0 Å². The summed E-state index contributed by atoms with van der Waals surface area (Å²) in [5.41, 5.74) is 9.19. The number of amides is 1. The van der Waals surface area contributed by atoms with E-state index in [4.69, 9.17) is 4.98 Å². The van der Waals surface area contributed by atoms with Crippen LogP contribution in [0.5, 0.6) is 0 Å². The van der Waals surface area contributed by atoms with E-state index in [2.05, 4.69) is 54.3 Å². The van der Waals surface area contributed by atoms with E-state index >= 15 is 0 Å². The quantitative estimate of drug-likeness (QED) is 0.404. The molecule has 0 radical (unpaired) electrons. The third-order valence-corrected chi connectivity index (χ3v) is 6.11. The van der Waals surface area contributed by atoms with Crippen molar-refractivity contribution in [3.05, 3.63) is 89.0 Å². The fraction of sp³-hybridized carbons (Fsp3) is 0.222. The van der Waals surface area contributed by atoms with E-state index in [1.165, 1.54) is 11.1 Å². The fourth-order valence-corrected chi connectivity index (χ4v) is 4.15. The Hall–Kier alpha value is -3.93. The van der Waals surface area contributed by atoms with E-state index in [0.29, 0.717) is 13.0 Å². The number of aromatic nitrogens is 4. The molecule has 0 fully saturated rings. The average molecular weight is 438 g/mol. The van der Waals surface area contributed by atoms with Gasteiger partial charge in [0.1, 0.15) is 11.5 Å². The second-order valence-corrected chi connectivity index (χ2v) is 8.62. The minimum absolute atomic E-state index is 0.0291. The van der Waals surface area contributed by atoms with Crippen molar-refractivity contribution in [2.75, 3.05) is 6.54 Å². The molecule has 5 rings (SSSR count). The van der Waals surface area contributed by atoms with Gasteiger partial charge in [0.15, 0.2) is 0 Å². The van der Waals surface area contributed by atoms with Crippen molar-refractivity contribution in [3.8, 4) is 11.3 Å². The van der Waals surface area contributed by atoms with E-state index in [9.17, 15) is 4.79 Å². The van der Waals surface area contributed by atoms with Crippen LogP contribution in [-0.2, 0) is 17.6 Å². The number of nitrogens with zero attached hydrogens (tertiary/aromatic N) is 3. The van der Waals surface area contributed by atoms with Gasteiger partial charge in [-0.3, -0.25) is 4.79 Å². The minimum atomic E-state index is -0.0291. The van der Waals surface area contributed by atoms with Crippen LogP contribution in [0.15, 0.2) is 60.8 Å². The Balaban J connectivity index is 1.36. The Morgan fingerprint density at radius 3 is 2.67 bits per heavy atom. The molecule has 5 aromatic rings. The van der Waals surface area contributed by atoms with Crippen LogP contribution in [-0.4, -0.2) is 31.8 Å². The lowest BCUT2D eigenvalue weighted by Crippen LogP contribution is -2.28. The first-order chi connectivity index (χ1) is 16.0. The zero-order valence-electron chi connectivity index (χ0n) is 19.1. The van der Waals surface area contributed by atoms with Gasteiger partial charge in [-0.1, -0.05) is 24.3 Å². The Morgan fingerprint density at radius 1 is 1.00 bits per heavy atom. The molecule has 166 valence electrons. The van der Waals surface area contributed by atoms with Gasteiger partial charge in [0, 0.05) is 24.7 Å². The molecule has 1 amide bonds. The van der Waals surface area contributed by atoms with Crippen molar-refractivity contribution in [1.82, 2.24) is 24.7 Å². The van der Waals surface area contributed by atoms with Gasteiger partial charge in [0.25, 0.3) is 0 Å². The molecule has 0 aliphatic rings. The summed E-state index contributed by atoms with van der Waals surface area (Å²) in [6.45, 7) is 6.77. The summed E-state index contributed by atoms with van der Waals surface area (Å²) in [6, 6.07) is 18.4. The SMILES string of the molecule is Cc1ccn2c(CC(=O)NCCc3nc4ccccc4[nH]3)c(-c3ccc(C)c(C)c3)nc2c1. The Kier molecular flexibility index (Phi) is 5.42. The summed E-state index contributed by atoms with van der Waals surface area (Å²) in [4.78, 5) is 25.7. The summed E-state index contributed by atoms with van der Waals surface area (Å²) in [7, 11) is 0. The number of rotatable bonds is 6. The number of fused-ring (bicyclic) bond motifs is 2. The molecule has 0 atom stereocenters. The third kappa shape index (κ3) is 4.24. The minimum Gasteiger partial charge on any atom is -0.355 e. The molecule has 0 spiro atoms. The van der Waals surface area contributed by atoms with Gasteiger partial charge in [0.05, 0.1) is 28.8 Å². The highest BCUT2D eigenvalue weighted by atomic mass is 16.1. The maximum absolute atomic E-state index is 12.9. The number of nitrogens with one attached hydrogen (secondary N) is 2. The molecular weight excluding hydrogens is 410 g/mol. The lowest BCUT2D eigenvalue weighted by Gasteiger charge is -2.08. The number of aromatic amines is 1. The number of hydrogen-bond donors (Lipinski definition) is 2. The molecule has 3 aromatic heterocycles. The van der Waals surface area contributed by atoms with Crippen molar-refractivity contribution >= 4 is 22.6 Å². The highest BCUT2D eigenvalue weighted by molar-refractivity contribution is 5.82. The second kappa shape index (κ2) is 8.54. The van der Waals surface area contributed by atoms with Crippen molar-refractivity contribution < 1.29 is 4.79 Å². The molecule has 0 aliphatic carbocycles. The summed E-state index contributed by atoms with van der Waals surface area (Å²) in [6.07, 6.45) is 2.91. The lowest BCUT2D eigenvalue weighted by molar-refractivity contribution is -0.120. The number of carbonyl (C=O) groups is 1. The number of para-hydroxylation sites is 2. The number of benzene rings is 2. The van der Waals surface area contributed by atoms with Gasteiger partial charge in [-0.15, -0.1) is 0 Å². The Morgan fingerprint density at radius 2 is 1.85 bits per heavy atom. The summed E-state index contributed by atoms with van der Waals surface area (Å²) in [5.74, 6) is 0.844. The van der Waals surface area contributed by atoms with Gasteiger partial charge >= 0.3 is 0 Å². The highest BCUT2D eigenvalue weighted by Crippen LogP contribution is 2.27. The standard InChI is InChI=1S/C27H27N5O/c1-17-11-13-32-23(27(31-25(32)14-17)20-9-8-18(2)19(3)15-20)16-26(33)28-12-10-24-29-21-6-4-5-7-22(21)30-24/h4-9,11,13-15H,10,12,16H2,1-3H3,(H,28,33)(H,29,30). The third-order valence-electron chi connectivity index (χ3n) is 6.11. The molecule has 0 aliphatic heterocycles. The zero-order chi connectivity index (χ0) is 22.9. The van der Waals surface area contributed by atoms with E-state index in [1.54, 1.807) is 0 Å². The highest BCUT2D eigenvalue weighted by Gasteiger charge is 2.18. The molecule has 6 nitrogen and oxygen atoms in total. The number of pyridine rings is 1. The summed E-state index contributed by atoms with van der Waals surface area (Å²) < 4.78 is 2.02. The van der Waals surface area contributed by atoms with Crippen molar-refractivity contribution in [2.45, 2.75) is 33.6 Å². The second-order valence-electron chi connectivity index (χ2n) is 8.62. The number of aryl methyl sites for hydroxylation is 3. The molecule has 0 saturated carbocycles. The maximum Gasteiger partial charge on any atom is 0.226 e. The van der Waals surface area contributed by atoms with Crippen LogP contribution >= 0.6 is 0 Å². The molecule has 6 heteroatoms. The van der Waals surface area contributed by atoms with Gasteiger partial charge < -0.3 is 14.7 Å². The summed E-state index contributed by atoms with van der Waals surface area (Å²) >= 11 is 0. The van der Waals surface area contributed by atoms with Crippen LogP contribution < -0.4 is 5.32 Å². The predicted octanol–water partition coefficient (Wildman–Crippen LogP) is 4.70. The first-order valence-corrected chi connectivity index (χ1v) is 11.2. The van der Waals surface area contributed by atoms with E-state index in [0.717, 1.165) is 45.0 Å². The summed E-state index contributed by atoms with van der Waals surface area (Å²) in [5, 5.41) is 3.05. The zero-order valence-corrected chi connectivity index (χ0v) is 19.1. The average Bonchev–Trinajstić information content (AvgIpc) is 3.36. The molecule has 0 saturated heterocycles. The van der Waals surface area contributed by atoms with Gasteiger partial charge in [-0.2, -0.15) is 0 Å². The number of carbonyl (C=O) groups excluding carboxylic acids is 1. The smallest absolute Gasteiger partial charge is 0.226 e. The van der Waals surface area contributed by atoms with Crippen molar-refractivity contribution in [1.29, 1.82) is 0 Å². The fourth-order valence-electron chi connectivity index (χ4n) is 4.15. The molecule has 3 heterocycles. The van der Waals surface area contributed by atoms with Gasteiger partial charge in [-0.05, 0) is 67.8 Å². The maximum atomic E-state index is 12.9. The monoisotopic (exact) mass is 437 g/mol. The molecule has 2 N–H and O–H groups in total. The van der Waals surface area contributed by atoms with Crippen molar-refractivity contribution in [2.24, 2.45) is 0 Å². The van der Waals surface area contributed by atoms with Crippen LogP contribution in [0.4, 0.5) is 0 Å². The predicted molar refractivity (Wildman–Crippen MR) is 131 cm³/mol. The Labute approximate surface area is 192 Å². The number of hydrogen-bond acceptors (Lipinski definition) is 3. The molecule has 0 bridgehead atoms. The largest absolute Gasteiger partial charge is 0.355 e. The lowest BCUT2D eigenvalue weighted by atomic mass is 10.0. The van der Waals surface area contributed by atoms with Gasteiger partial charge in [-0.25, -0.2) is 9.97 Å². The molecule has 2 aromatic carbocycles.